The van der Waals surface area contributed by atoms with Gasteiger partial charge in [0.15, 0.2) is 0 Å². The van der Waals surface area contributed by atoms with Crippen LogP contribution in [0, 0.1) is 0 Å². The molecule has 1 aliphatic rings. The Hall–Kier alpha value is -1.87. The smallest absolute Gasteiger partial charge is 0.251 e. The van der Waals surface area contributed by atoms with Gasteiger partial charge in [-0.3, -0.25) is 9.69 Å². The molecular weight excluding hydrogens is 442 g/mol. The fraction of sp³-hybridized carbons (Fsp3) is 0.458. The molecule has 3 rings (SSSR count). The van der Waals surface area contributed by atoms with E-state index in [0.717, 1.165) is 11.3 Å². The van der Waals surface area contributed by atoms with Gasteiger partial charge in [0.25, 0.3) is 5.91 Å². The molecule has 1 heterocycles. The number of hydrogen-bond donors (Lipinski definition) is 1. The number of sulfonamides is 1. The molecule has 1 saturated heterocycles. The second-order valence-electron chi connectivity index (χ2n) is 8.91. The lowest BCUT2D eigenvalue weighted by Gasteiger charge is -2.34. The van der Waals surface area contributed by atoms with Crippen molar-refractivity contribution in [1.29, 1.82) is 0 Å². The van der Waals surface area contributed by atoms with Crippen molar-refractivity contribution in [3.8, 4) is 0 Å². The quantitative estimate of drug-likeness (QED) is 0.592. The van der Waals surface area contributed by atoms with Crippen molar-refractivity contribution in [2.75, 3.05) is 38.5 Å². The van der Waals surface area contributed by atoms with E-state index in [1.54, 1.807) is 28.6 Å². The van der Waals surface area contributed by atoms with Gasteiger partial charge >= 0.3 is 0 Å². The average molecular weight is 476 g/mol. The van der Waals surface area contributed by atoms with E-state index in [1.807, 2.05) is 42.1 Å². The number of piperazine rings is 1. The number of nitrogens with one attached hydrogen (secondary N) is 1. The van der Waals surface area contributed by atoms with Crippen LogP contribution in [-0.4, -0.2) is 66.8 Å². The lowest BCUT2D eigenvalue weighted by molar-refractivity contribution is 0.0956. The number of rotatable bonds is 8. The molecule has 0 aliphatic carbocycles. The molecule has 0 spiro atoms. The van der Waals surface area contributed by atoms with Crippen molar-refractivity contribution in [3.05, 3.63) is 65.7 Å². The third kappa shape index (κ3) is 7.07. The molecule has 6 nitrogen and oxygen atoms in total. The number of benzene rings is 2. The molecule has 0 unspecified atom stereocenters. The Balaban J connectivity index is 1.51. The minimum absolute atomic E-state index is 0.0554. The summed E-state index contributed by atoms with van der Waals surface area (Å²) in [6.45, 7) is 10.1. The first-order valence-corrected chi connectivity index (χ1v) is 13.4. The van der Waals surface area contributed by atoms with Crippen LogP contribution < -0.4 is 5.32 Å². The number of nitrogens with zero attached hydrogens (tertiary/aromatic N) is 2. The highest BCUT2D eigenvalue weighted by Gasteiger charge is 2.28. The minimum atomic E-state index is -3.44. The van der Waals surface area contributed by atoms with Gasteiger partial charge in [0.1, 0.15) is 0 Å². The number of carbonyl (C=O) groups excluding carboxylic acids is 1. The largest absolute Gasteiger partial charge is 0.351 e. The normalized spacial score (nSPS) is 16.1. The van der Waals surface area contributed by atoms with Crippen LogP contribution in [0.4, 0.5) is 0 Å². The van der Waals surface area contributed by atoms with Crippen LogP contribution in [0.3, 0.4) is 0 Å². The Bertz CT molecular complexity index is 997. The molecule has 1 N–H and O–H groups in total. The van der Waals surface area contributed by atoms with Crippen molar-refractivity contribution in [2.24, 2.45) is 0 Å². The summed E-state index contributed by atoms with van der Waals surface area (Å²) in [4.78, 5) is 15.1. The monoisotopic (exact) mass is 475 g/mol. The van der Waals surface area contributed by atoms with Gasteiger partial charge in [-0.15, -0.1) is 0 Å². The molecule has 2 aromatic carbocycles. The number of carbonyl (C=O) groups is 1. The Morgan fingerprint density at radius 1 is 1.00 bits per heavy atom. The van der Waals surface area contributed by atoms with E-state index in [9.17, 15) is 13.2 Å². The van der Waals surface area contributed by atoms with E-state index in [-0.39, 0.29) is 10.7 Å². The Labute approximate surface area is 196 Å². The van der Waals surface area contributed by atoms with Gasteiger partial charge in [0.2, 0.25) is 10.0 Å². The van der Waals surface area contributed by atoms with Crippen molar-refractivity contribution in [2.45, 2.75) is 37.0 Å². The van der Waals surface area contributed by atoms with Crippen molar-refractivity contribution in [1.82, 2.24) is 14.5 Å². The van der Waals surface area contributed by atoms with Gasteiger partial charge in [-0.1, -0.05) is 51.1 Å². The molecule has 0 saturated carbocycles. The van der Waals surface area contributed by atoms with Crippen LogP contribution in [0.15, 0.2) is 59.5 Å². The summed E-state index contributed by atoms with van der Waals surface area (Å²) in [5, 5.41) is 2.99. The molecule has 2 aromatic rings. The minimum Gasteiger partial charge on any atom is -0.351 e. The SMILES string of the molecule is CC(C)(C)SCCNC(=O)c1cccc(CN2CCN(S(=O)(=O)c3ccccc3)CC2)c1. The molecule has 0 atom stereocenters. The molecule has 174 valence electrons. The lowest BCUT2D eigenvalue weighted by atomic mass is 10.1. The summed E-state index contributed by atoms with van der Waals surface area (Å²) < 4.78 is 27.3. The maximum absolute atomic E-state index is 12.8. The average Bonchev–Trinajstić information content (AvgIpc) is 2.77. The van der Waals surface area contributed by atoms with Crippen molar-refractivity contribution in [3.63, 3.8) is 0 Å². The van der Waals surface area contributed by atoms with Gasteiger partial charge in [0.05, 0.1) is 4.90 Å². The van der Waals surface area contributed by atoms with Crippen molar-refractivity contribution >= 4 is 27.7 Å². The molecular formula is C24H33N3O3S2. The second kappa shape index (κ2) is 10.8. The van der Waals surface area contributed by atoms with E-state index < -0.39 is 10.0 Å². The summed E-state index contributed by atoms with van der Waals surface area (Å²) in [6, 6.07) is 16.3. The maximum Gasteiger partial charge on any atom is 0.251 e. The van der Waals surface area contributed by atoms with Gasteiger partial charge in [0, 0.05) is 55.3 Å². The molecule has 1 aliphatic heterocycles. The van der Waals surface area contributed by atoms with Crippen LogP contribution in [0.1, 0.15) is 36.7 Å². The highest BCUT2D eigenvalue weighted by atomic mass is 32.2. The van der Waals surface area contributed by atoms with Crippen LogP contribution in [0.25, 0.3) is 0 Å². The molecule has 32 heavy (non-hydrogen) atoms. The fourth-order valence-corrected chi connectivity index (χ4v) is 5.82. The molecule has 0 bridgehead atoms. The third-order valence-corrected chi connectivity index (χ3v) is 8.42. The zero-order valence-corrected chi connectivity index (χ0v) is 20.7. The molecule has 0 radical (unpaired) electrons. The van der Waals surface area contributed by atoms with Gasteiger partial charge in [-0.25, -0.2) is 8.42 Å². The fourth-order valence-electron chi connectivity index (χ4n) is 3.56. The first-order chi connectivity index (χ1) is 15.1. The van der Waals surface area contributed by atoms with Crippen LogP contribution in [0.5, 0.6) is 0 Å². The van der Waals surface area contributed by atoms with E-state index in [0.29, 0.717) is 49.7 Å². The summed E-state index contributed by atoms with van der Waals surface area (Å²) in [5.74, 6) is 0.825. The standard InChI is InChI=1S/C24H33N3O3S2/c1-24(2,3)31-17-12-25-23(28)21-9-7-8-20(18-21)19-26-13-15-27(16-14-26)32(29,30)22-10-5-4-6-11-22/h4-11,18H,12-17,19H2,1-3H3,(H,25,28). The van der Waals surface area contributed by atoms with E-state index in [1.165, 1.54) is 0 Å². The van der Waals surface area contributed by atoms with E-state index in [2.05, 4.69) is 31.0 Å². The van der Waals surface area contributed by atoms with Crippen LogP contribution in [-0.2, 0) is 16.6 Å². The topological polar surface area (TPSA) is 69.7 Å². The number of amides is 1. The lowest BCUT2D eigenvalue weighted by Crippen LogP contribution is -2.48. The number of hydrogen-bond acceptors (Lipinski definition) is 5. The summed E-state index contributed by atoms with van der Waals surface area (Å²) >= 11 is 1.83. The molecule has 1 fully saturated rings. The predicted molar refractivity (Wildman–Crippen MR) is 131 cm³/mol. The van der Waals surface area contributed by atoms with E-state index in [4.69, 9.17) is 0 Å². The van der Waals surface area contributed by atoms with Crippen LogP contribution in [0.2, 0.25) is 0 Å². The highest BCUT2D eigenvalue weighted by molar-refractivity contribution is 8.00. The summed E-state index contributed by atoms with van der Waals surface area (Å²) in [6.07, 6.45) is 0. The second-order valence-corrected chi connectivity index (χ2v) is 12.8. The van der Waals surface area contributed by atoms with Crippen LogP contribution >= 0.6 is 11.8 Å². The molecule has 8 heteroatoms. The maximum atomic E-state index is 12.8. The summed E-state index contributed by atoms with van der Waals surface area (Å²) in [7, 11) is -3.44. The first-order valence-electron chi connectivity index (χ1n) is 10.9. The molecule has 0 aromatic heterocycles. The Kier molecular flexibility index (Phi) is 8.38. The number of thioether (sulfide) groups is 1. The van der Waals surface area contributed by atoms with E-state index >= 15 is 0 Å². The highest BCUT2D eigenvalue weighted by Crippen LogP contribution is 2.22. The predicted octanol–water partition coefficient (Wildman–Crippen LogP) is 3.45. The summed E-state index contributed by atoms with van der Waals surface area (Å²) in [5.41, 5.74) is 1.72. The van der Waals surface area contributed by atoms with Gasteiger partial charge in [-0.2, -0.15) is 16.1 Å². The zero-order valence-electron chi connectivity index (χ0n) is 19.1. The Morgan fingerprint density at radius 2 is 1.69 bits per heavy atom. The van der Waals surface area contributed by atoms with Gasteiger partial charge in [-0.05, 0) is 29.8 Å². The third-order valence-electron chi connectivity index (χ3n) is 5.23. The first kappa shape index (κ1) is 24.8. The Morgan fingerprint density at radius 3 is 2.34 bits per heavy atom. The molecule has 1 amide bonds. The zero-order chi connectivity index (χ0) is 23.2. The van der Waals surface area contributed by atoms with Crippen molar-refractivity contribution < 1.29 is 13.2 Å². The van der Waals surface area contributed by atoms with Gasteiger partial charge < -0.3 is 5.32 Å².